The second-order valence-corrected chi connectivity index (χ2v) is 14.9. The van der Waals surface area contributed by atoms with Crippen molar-refractivity contribution in [3.63, 3.8) is 0 Å². The van der Waals surface area contributed by atoms with Crippen LogP contribution in [0.25, 0.3) is 0 Å². The normalized spacial score (nSPS) is 17.9. The molecule has 2 aromatic rings. The van der Waals surface area contributed by atoms with Crippen LogP contribution in [0.4, 0.5) is 33.7 Å². The van der Waals surface area contributed by atoms with Crippen molar-refractivity contribution in [3.05, 3.63) is 42.2 Å². The Morgan fingerprint density at radius 2 is 1.76 bits per heavy atom. The molecular weight excluding hydrogens is 650 g/mol. The van der Waals surface area contributed by atoms with Crippen molar-refractivity contribution in [1.82, 2.24) is 4.72 Å². The lowest BCUT2D eigenvalue weighted by Gasteiger charge is -2.36. The lowest BCUT2D eigenvalue weighted by Crippen LogP contribution is -2.46. The van der Waals surface area contributed by atoms with Crippen molar-refractivity contribution >= 4 is 43.4 Å². The van der Waals surface area contributed by atoms with Crippen molar-refractivity contribution in [2.75, 3.05) is 23.3 Å². The highest BCUT2D eigenvalue weighted by atomic mass is 32.2. The number of rotatable bonds is 10. The maximum atomic E-state index is 14.1. The van der Waals surface area contributed by atoms with E-state index in [-0.39, 0.29) is 29.3 Å². The Labute approximate surface area is 257 Å². The Morgan fingerprint density at radius 3 is 2.36 bits per heavy atom. The van der Waals surface area contributed by atoms with E-state index < -0.39 is 78.4 Å². The molecule has 2 N–H and O–H groups in total. The van der Waals surface area contributed by atoms with E-state index in [1.807, 2.05) is 4.72 Å². The lowest BCUT2D eigenvalue weighted by atomic mass is 10.0. The minimum atomic E-state index is -4.87. The predicted octanol–water partition coefficient (Wildman–Crippen LogP) is 4.31. The quantitative estimate of drug-likeness (QED) is 0.349. The molecule has 0 radical (unpaired) electrons. The number of nitrogens with zero attached hydrogens (tertiary/aromatic N) is 1. The molecule has 45 heavy (non-hydrogen) atoms. The molecule has 248 valence electrons. The number of amides is 2. The number of nitrogens with one attached hydrogen (secondary N) is 2. The molecule has 2 aliphatic rings. The summed E-state index contributed by atoms with van der Waals surface area (Å²) in [6, 6.07) is 6.44. The number of carbonyl (C=O) groups is 2. The predicted molar refractivity (Wildman–Crippen MR) is 152 cm³/mol. The third-order valence-corrected chi connectivity index (χ3v) is 10.8. The van der Waals surface area contributed by atoms with Gasteiger partial charge in [-0.3, -0.25) is 19.1 Å². The monoisotopic (exact) mass is 681 g/mol. The van der Waals surface area contributed by atoms with Crippen LogP contribution < -0.4 is 23.8 Å². The van der Waals surface area contributed by atoms with Crippen LogP contribution in [0.2, 0.25) is 0 Å². The second-order valence-electron chi connectivity index (χ2n) is 11.1. The fourth-order valence-corrected chi connectivity index (χ4v) is 7.22. The molecule has 1 fully saturated rings. The van der Waals surface area contributed by atoms with E-state index >= 15 is 0 Å². The zero-order chi connectivity index (χ0) is 33.5. The number of halogens is 4. The lowest BCUT2D eigenvalue weighted by molar-refractivity contribution is -0.242. The van der Waals surface area contributed by atoms with Gasteiger partial charge in [0.05, 0.1) is 29.5 Å². The van der Waals surface area contributed by atoms with E-state index in [4.69, 9.17) is 9.47 Å². The van der Waals surface area contributed by atoms with Crippen molar-refractivity contribution < 1.29 is 58.2 Å². The number of alkyl halides is 3. The third kappa shape index (κ3) is 7.54. The Bertz CT molecular complexity index is 1700. The summed E-state index contributed by atoms with van der Waals surface area (Å²) < 4.78 is 124. The number of sulfonamides is 2. The summed E-state index contributed by atoms with van der Waals surface area (Å²) in [6.07, 6.45) is -6.57. The molecule has 0 unspecified atom stereocenters. The third-order valence-electron chi connectivity index (χ3n) is 7.15. The highest BCUT2D eigenvalue weighted by Crippen LogP contribution is 2.41. The van der Waals surface area contributed by atoms with Crippen LogP contribution in [0.5, 0.6) is 11.5 Å². The SMILES string of the molecule is COc1cc(S(=O)(=O)N2C[C@H](C[C@@H](C)C(=O)NS(=O)(=O)C3CC3)Oc3ccc(NC(=O)OC(C)(C)C(F)(F)F)cc32)ccc1F. The van der Waals surface area contributed by atoms with Crippen molar-refractivity contribution in [2.24, 2.45) is 5.92 Å². The van der Waals surface area contributed by atoms with E-state index in [0.29, 0.717) is 26.7 Å². The van der Waals surface area contributed by atoms with Crippen molar-refractivity contribution in [1.29, 1.82) is 0 Å². The first-order chi connectivity index (χ1) is 20.7. The zero-order valence-electron chi connectivity index (χ0n) is 24.5. The van der Waals surface area contributed by atoms with Crippen LogP contribution in [0.3, 0.4) is 0 Å². The van der Waals surface area contributed by atoms with Gasteiger partial charge in [-0.15, -0.1) is 0 Å². The summed E-state index contributed by atoms with van der Waals surface area (Å²) in [5, 5.41) is 1.49. The number of anilines is 2. The zero-order valence-corrected chi connectivity index (χ0v) is 26.1. The standard InChI is InChI=1S/C27H31F4N3O9S2/c1-15(24(35)33-44(37,38)18-6-7-18)11-17-14-34(45(39,40)19-8-9-20(28)23(13-19)41-4)21-12-16(5-10-22(21)42-17)32-25(36)43-26(2,3)27(29,30)31/h5,8-10,12-13,15,17-18H,6-7,11,14H2,1-4H3,(H,32,36)(H,33,35)/t15-,17+/m1/s1. The van der Waals surface area contributed by atoms with E-state index in [0.717, 1.165) is 35.7 Å². The van der Waals surface area contributed by atoms with Crippen LogP contribution in [-0.2, 0) is 29.6 Å². The number of hydrogen-bond acceptors (Lipinski definition) is 9. The average Bonchev–Trinajstić information content (AvgIpc) is 3.78. The van der Waals surface area contributed by atoms with Gasteiger partial charge in [-0.1, -0.05) is 6.92 Å². The molecule has 0 spiro atoms. The van der Waals surface area contributed by atoms with E-state index in [1.54, 1.807) is 0 Å². The Morgan fingerprint density at radius 1 is 1.09 bits per heavy atom. The fraction of sp³-hybridized carbons (Fsp3) is 0.481. The Kier molecular flexibility index (Phi) is 9.23. The largest absolute Gasteiger partial charge is 0.494 e. The number of ether oxygens (including phenoxy) is 3. The van der Waals surface area contributed by atoms with Gasteiger partial charge in [-0.05, 0) is 63.4 Å². The maximum absolute atomic E-state index is 14.1. The molecule has 1 heterocycles. The maximum Gasteiger partial charge on any atom is 0.427 e. The van der Waals surface area contributed by atoms with Gasteiger partial charge in [-0.2, -0.15) is 13.2 Å². The number of benzene rings is 2. The summed E-state index contributed by atoms with van der Waals surface area (Å²) in [5.74, 6) is -2.98. The molecule has 1 saturated carbocycles. The van der Waals surface area contributed by atoms with Crippen LogP contribution >= 0.6 is 0 Å². The highest BCUT2D eigenvalue weighted by Gasteiger charge is 2.51. The molecule has 2 amide bonds. The molecule has 4 rings (SSSR count). The van der Waals surface area contributed by atoms with Gasteiger partial charge in [-0.25, -0.2) is 26.0 Å². The van der Waals surface area contributed by atoms with Gasteiger partial charge in [0, 0.05) is 17.7 Å². The molecule has 1 aliphatic heterocycles. The van der Waals surface area contributed by atoms with Crippen molar-refractivity contribution in [2.45, 2.75) is 68.1 Å². The van der Waals surface area contributed by atoms with Gasteiger partial charge in [0.2, 0.25) is 21.5 Å². The molecule has 0 bridgehead atoms. The summed E-state index contributed by atoms with van der Waals surface area (Å²) >= 11 is 0. The van der Waals surface area contributed by atoms with E-state index in [1.165, 1.54) is 19.1 Å². The van der Waals surface area contributed by atoms with Gasteiger partial charge in [0.1, 0.15) is 11.9 Å². The van der Waals surface area contributed by atoms with Crippen molar-refractivity contribution in [3.8, 4) is 11.5 Å². The molecular formula is C27H31F4N3O9S2. The molecule has 2 atom stereocenters. The number of hydrogen-bond donors (Lipinski definition) is 2. The van der Waals surface area contributed by atoms with Crippen LogP contribution in [0.15, 0.2) is 41.3 Å². The Balaban J connectivity index is 1.65. The second kappa shape index (κ2) is 12.2. The summed E-state index contributed by atoms with van der Waals surface area (Å²) in [5.41, 5.74) is -3.12. The van der Waals surface area contributed by atoms with E-state index in [9.17, 15) is 44.0 Å². The topological polar surface area (TPSA) is 157 Å². The number of carbonyl (C=O) groups excluding carboxylic acids is 2. The first kappa shape index (κ1) is 34.1. The summed E-state index contributed by atoms with van der Waals surface area (Å²) in [7, 11) is -7.21. The molecule has 0 aromatic heterocycles. The smallest absolute Gasteiger partial charge is 0.427 e. The Hall–Kier alpha value is -3.80. The van der Waals surface area contributed by atoms with Crippen LogP contribution in [0.1, 0.15) is 40.0 Å². The fourth-order valence-electron chi connectivity index (χ4n) is 4.30. The van der Waals surface area contributed by atoms with E-state index in [2.05, 4.69) is 10.1 Å². The first-order valence-electron chi connectivity index (χ1n) is 13.5. The molecule has 18 heteroatoms. The molecule has 1 aliphatic carbocycles. The molecule has 12 nitrogen and oxygen atoms in total. The highest BCUT2D eigenvalue weighted by molar-refractivity contribution is 7.92. The number of methoxy groups -OCH3 is 1. The van der Waals surface area contributed by atoms with Crippen LogP contribution in [-0.4, -0.2) is 65.6 Å². The van der Waals surface area contributed by atoms with Gasteiger partial charge in [0.15, 0.2) is 11.6 Å². The first-order valence-corrected chi connectivity index (χ1v) is 16.5. The van der Waals surface area contributed by atoms with Gasteiger partial charge >= 0.3 is 12.3 Å². The number of fused-ring (bicyclic) bond motifs is 1. The summed E-state index contributed by atoms with van der Waals surface area (Å²) in [6.45, 7) is 2.33. The minimum Gasteiger partial charge on any atom is -0.494 e. The average molecular weight is 682 g/mol. The minimum absolute atomic E-state index is 0.0448. The van der Waals surface area contributed by atoms with Crippen LogP contribution in [0, 0.1) is 11.7 Å². The molecule has 0 saturated heterocycles. The summed E-state index contributed by atoms with van der Waals surface area (Å²) in [4.78, 5) is 24.6. The molecule has 2 aromatic carbocycles. The van der Waals surface area contributed by atoms with Gasteiger partial charge < -0.3 is 14.2 Å². The van der Waals surface area contributed by atoms with Gasteiger partial charge in [0.25, 0.3) is 10.0 Å².